The molecule has 5 nitrogen and oxygen atoms in total. The molecular weight excluding hydrogens is 222 g/mol. The van der Waals surface area contributed by atoms with Crippen LogP contribution in [0.5, 0.6) is 0 Å². The van der Waals surface area contributed by atoms with E-state index in [1.807, 2.05) is 0 Å². The lowest BCUT2D eigenvalue weighted by atomic mass is 9.57. The van der Waals surface area contributed by atoms with Crippen molar-refractivity contribution in [3.63, 3.8) is 0 Å². The molecule has 0 radical (unpaired) electrons. The van der Waals surface area contributed by atoms with Gasteiger partial charge in [-0.2, -0.15) is 0 Å². The highest BCUT2D eigenvalue weighted by atomic mass is 16.5. The lowest BCUT2D eigenvalue weighted by Crippen LogP contribution is -2.58. The van der Waals surface area contributed by atoms with Crippen molar-refractivity contribution < 1.29 is 19.4 Å². The third-order valence-electron chi connectivity index (χ3n) is 4.34. The summed E-state index contributed by atoms with van der Waals surface area (Å²) in [5.41, 5.74) is -0.748. The molecule has 5 heteroatoms. The standard InChI is InChI=1S/C12H19NO4/c1-2-17-10(16)13-12-6-3-11(4-7-12,5-8-12)9(14)15/h2-8H2,1H3,(H,13,16)(H,14,15). The van der Waals surface area contributed by atoms with Gasteiger partial charge in [0.05, 0.1) is 12.0 Å². The number of nitrogens with one attached hydrogen (secondary N) is 1. The SMILES string of the molecule is CCOC(=O)NC12CCC(C(=O)O)(CC1)CC2. The molecule has 2 N–H and O–H groups in total. The third-order valence-corrected chi connectivity index (χ3v) is 4.34. The molecular formula is C12H19NO4. The second kappa shape index (κ2) is 4.20. The Morgan fingerprint density at radius 3 is 2.12 bits per heavy atom. The predicted molar refractivity (Wildman–Crippen MR) is 60.7 cm³/mol. The summed E-state index contributed by atoms with van der Waals surface area (Å²) in [5.74, 6) is -0.679. The molecule has 3 aliphatic rings. The van der Waals surface area contributed by atoms with E-state index in [-0.39, 0.29) is 11.6 Å². The zero-order chi connectivity index (χ0) is 12.5. The van der Waals surface area contributed by atoms with E-state index >= 15 is 0 Å². The molecule has 2 bridgehead atoms. The largest absolute Gasteiger partial charge is 0.481 e. The Bertz CT molecular complexity index is 315. The monoisotopic (exact) mass is 241 g/mol. The van der Waals surface area contributed by atoms with E-state index in [1.54, 1.807) is 6.92 Å². The molecule has 0 aliphatic heterocycles. The van der Waals surface area contributed by atoms with Crippen LogP contribution in [-0.2, 0) is 9.53 Å². The minimum absolute atomic E-state index is 0.219. The Morgan fingerprint density at radius 2 is 1.71 bits per heavy atom. The first-order valence-corrected chi connectivity index (χ1v) is 6.20. The van der Waals surface area contributed by atoms with Crippen molar-refractivity contribution in [1.82, 2.24) is 5.32 Å². The zero-order valence-corrected chi connectivity index (χ0v) is 10.1. The molecule has 0 aromatic heterocycles. The molecule has 3 aliphatic carbocycles. The number of carboxylic acids is 1. The number of carboxylic acid groups (broad SMARTS) is 1. The number of rotatable bonds is 3. The van der Waals surface area contributed by atoms with Crippen LogP contribution in [0.4, 0.5) is 4.79 Å². The Morgan fingerprint density at radius 1 is 1.18 bits per heavy atom. The maximum atomic E-state index is 11.5. The topological polar surface area (TPSA) is 75.6 Å². The van der Waals surface area contributed by atoms with Gasteiger partial charge < -0.3 is 15.2 Å². The fraction of sp³-hybridized carbons (Fsp3) is 0.833. The van der Waals surface area contributed by atoms with E-state index < -0.39 is 11.4 Å². The van der Waals surface area contributed by atoms with Crippen LogP contribution in [0.2, 0.25) is 0 Å². The van der Waals surface area contributed by atoms with Gasteiger partial charge in [0.2, 0.25) is 0 Å². The van der Waals surface area contributed by atoms with Crippen LogP contribution >= 0.6 is 0 Å². The van der Waals surface area contributed by atoms with Gasteiger partial charge in [-0.05, 0) is 45.4 Å². The molecule has 0 saturated heterocycles. The minimum Gasteiger partial charge on any atom is -0.481 e. The molecule has 96 valence electrons. The normalized spacial score (nSPS) is 35.4. The highest BCUT2D eigenvalue weighted by molar-refractivity contribution is 5.75. The van der Waals surface area contributed by atoms with Crippen molar-refractivity contribution in [2.75, 3.05) is 6.61 Å². The van der Waals surface area contributed by atoms with Crippen molar-refractivity contribution in [3.05, 3.63) is 0 Å². The van der Waals surface area contributed by atoms with Gasteiger partial charge in [0.15, 0.2) is 0 Å². The quantitative estimate of drug-likeness (QED) is 0.791. The number of aliphatic carboxylic acids is 1. The van der Waals surface area contributed by atoms with Crippen LogP contribution in [-0.4, -0.2) is 29.3 Å². The van der Waals surface area contributed by atoms with E-state index in [0.29, 0.717) is 25.9 Å². The lowest BCUT2D eigenvalue weighted by Gasteiger charge is -2.51. The van der Waals surface area contributed by atoms with Gasteiger partial charge in [0.1, 0.15) is 0 Å². The highest BCUT2D eigenvalue weighted by Crippen LogP contribution is 2.52. The Kier molecular flexibility index (Phi) is 3.02. The minimum atomic E-state index is -0.679. The number of alkyl carbamates (subject to hydrolysis) is 1. The number of carbonyl (C=O) groups is 2. The molecule has 0 atom stereocenters. The van der Waals surface area contributed by atoms with Gasteiger partial charge in [0.25, 0.3) is 0 Å². The van der Waals surface area contributed by atoms with Gasteiger partial charge in [-0.25, -0.2) is 4.79 Å². The first-order chi connectivity index (χ1) is 8.02. The number of amides is 1. The van der Waals surface area contributed by atoms with Crippen LogP contribution in [0.25, 0.3) is 0 Å². The Balaban J connectivity index is 1.99. The van der Waals surface area contributed by atoms with E-state index in [2.05, 4.69) is 5.32 Å². The number of ether oxygens (including phenoxy) is 1. The van der Waals surface area contributed by atoms with Gasteiger partial charge in [-0.3, -0.25) is 4.79 Å². The molecule has 0 spiro atoms. The molecule has 0 aromatic rings. The second-order valence-corrected chi connectivity index (χ2v) is 5.21. The third kappa shape index (κ3) is 2.10. The summed E-state index contributed by atoms with van der Waals surface area (Å²) in [6, 6.07) is 0. The van der Waals surface area contributed by atoms with Crippen molar-refractivity contribution >= 4 is 12.1 Å². The van der Waals surface area contributed by atoms with Crippen LogP contribution in [0, 0.1) is 5.41 Å². The first kappa shape index (κ1) is 12.2. The second-order valence-electron chi connectivity index (χ2n) is 5.21. The van der Waals surface area contributed by atoms with Crippen molar-refractivity contribution in [3.8, 4) is 0 Å². The van der Waals surface area contributed by atoms with Gasteiger partial charge in [-0.15, -0.1) is 0 Å². The summed E-state index contributed by atoms with van der Waals surface area (Å²) < 4.78 is 4.90. The highest BCUT2D eigenvalue weighted by Gasteiger charge is 2.53. The van der Waals surface area contributed by atoms with Gasteiger partial charge >= 0.3 is 12.1 Å². The van der Waals surface area contributed by atoms with E-state index in [1.165, 1.54) is 0 Å². The van der Waals surface area contributed by atoms with Crippen LogP contribution in [0.1, 0.15) is 45.4 Å². The van der Waals surface area contributed by atoms with Crippen molar-refractivity contribution in [2.24, 2.45) is 5.41 Å². The van der Waals surface area contributed by atoms with Gasteiger partial charge in [-0.1, -0.05) is 0 Å². The molecule has 17 heavy (non-hydrogen) atoms. The number of carbonyl (C=O) groups excluding carboxylic acids is 1. The molecule has 3 rings (SSSR count). The fourth-order valence-electron chi connectivity index (χ4n) is 3.08. The molecule has 3 fully saturated rings. The molecule has 3 saturated carbocycles. The fourth-order valence-corrected chi connectivity index (χ4v) is 3.08. The smallest absolute Gasteiger partial charge is 0.407 e. The van der Waals surface area contributed by atoms with Crippen LogP contribution in [0.15, 0.2) is 0 Å². The molecule has 0 heterocycles. The summed E-state index contributed by atoms with van der Waals surface area (Å²) in [5, 5.41) is 12.2. The summed E-state index contributed by atoms with van der Waals surface area (Å²) in [6.07, 6.45) is 3.85. The Hall–Kier alpha value is -1.26. The summed E-state index contributed by atoms with van der Waals surface area (Å²) in [7, 11) is 0. The lowest BCUT2D eigenvalue weighted by molar-refractivity contribution is -0.156. The van der Waals surface area contributed by atoms with E-state index in [9.17, 15) is 14.7 Å². The van der Waals surface area contributed by atoms with Crippen molar-refractivity contribution in [2.45, 2.75) is 51.0 Å². The summed E-state index contributed by atoms with van der Waals surface area (Å²) >= 11 is 0. The summed E-state index contributed by atoms with van der Waals surface area (Å²) in [4.78, 5) is 22.7. The van der Waals surface area contributed by atoms with Crippen LogP contribution in [0.3, 0.4) is 0 Å². The first-order valence-electron chi connectivity index (χ1n) is 6.20. The average Bonchev–Trinajstić information content (AvgIpc) is 2.31. The predicted octanol–water partition coefficient (Wildman–Crippen LogP) is 1.91. The van der Waals surface area contributed by atoms with Gasteiger partial charge in [0, 0.05) is 5.54 Å². The maximum absolute atomic E-state index is 11.5. The number of hydrogen-bond donors (Lipinski definition) is 2. The number of fused-ring (bicyclic) bond motifs is 3. The van der Waals surface area contributed by atoms with Crippen LogP contribution < -0.4 is 5.32 Å². The van der Waals surface area contributed by atoms with E-state index in [4.69, 9.17) is 4.74 Å². The molecule has 1 amide bonds. The zero-order valence-electron chi connectivity index (χ0n) is 10.1. The molecule has 0 unspecified atom stereocenters. The maximum Gasteiger partial charge on any atom is 0.407 e. The van der Waals surface area contributed by atoms with E-state index in [0.717, 1.165) is 19.3 Å². The summed E-state index contributed by atoms with van der Waals surface area (Å²) in [6.45, 7) is 2.13. The Labute approximate surface area is 101 Å². The average molecular weight is 241 g/mol. The molecule has 0 aromatic carbocycles. The van der Waals surface area contributed by atoms with Crippen molar-refractivity contribution in [1.29, 1.82) is 0 Å². The number of hydrogen-bond acceptors (Lipinski definition) is 3.